The highest BCUT2D eigenvalue weighted by Gasteiger charge is 2.41. The molecule has 0 fully saturated rings. The number of hydrogen-bond donors (Lipinski definition) is 0. The van der Waals surface area contributed by atoms with E-state index in [4.69, 9.17) is 27.8 Å². The molecule has 0 radical (unpaired) electrons. The SMILES string of the molecule is CCC(=O)SCCOCOP(N(C(C)C)C(C)C)N(C(C)C)C(C)CCC(C)N(C(C)C)P(OCOCCSC(=O)C(C)C)N(C(C)C)C(C)CCC(C)N(C(C)C)P(OCOCCSC(=O)C(C)(C)C)N(C(C)C)C(C)C. The van der Waals surface area contributed by atoms with Crippen LogP contribution in [0.4, 0.5) is 0 Å². The molecule has 0 aliphatic heterocycles. The average Bonchev–Trinajstić information content (AvgIpc) is 3.31. The second kappa shape index (κ2) is 41.8. The lowest BCUT2D eigenvalue weighted by atomic mass is 10.00. The predicted molar refractivity (Wildman–Crippen MR) is 342 cm³/mol. The Morgan fingerprint density at radius 1 is 0.397 bits per heavy atom. The zero-order valence-electron chi connectivity index (χ0n) is 54.3. The third kappa shape index (κ3) is 29.8. The van der Waals surface area contributed by atoms with Crippen molar-refractivity contribution in [2.24, 2.45) is 11.3 Å². The summed E-state index contributed by atoms with van der Waals surface area (Å²) in [5, 5.41) is 0.523. The van der Waals surface area contributed by atoms with Crippen molar-refractivity contribution in [3.05, 3.63) is 0 Å². The summed E-state index contributed by atoms with van der Waals surface area (Å²) in [5.74, 6) is 1.78. The van der Waals surface area contributed by atoms with Crippen LogP contribution in [-0.2, 0) is 42.2 Å². The van der Waals surface area contributed by atoms with Crippen LogP contribution in [0.5, 0.6) is 0 Å². The normalized spacial score (nSPS) is 16.0. The van der Waals surface area contributed by atoms with Gasteiger partial charge in [0.25, 0.3) is 0 Å². The summed E-state index contributed by atoms with van der Waals surface area (Å²) >= 11 is 3.98. The van der Waals surface area contributed by atoms with E-state index >= 15 is 0 Å². The molecule has 0 aromatic heterocycles. The van der Waals surface area contributed by atoms with Crippen LogP contribution in [0.2, 0.25) is 0 Å². The Bertz CT molecular complexity index is 1590. The van der Waals surface area contributed by atoms with Crippen molar-refractivity contribution in [3.8, 4) is 0 Å². The summed E-state index contributed by atoms with van der Waals surface area (Å²) in [6.45, 7) is 59.1. The number of rotatable bonds is 44. The standard InChI is InChI=1S/C57H119N6O9P3S3/c1-27-54(64)76-35-32-67-38-70-73(58(42(4)5)43(6)7)60(46(12)13)50(20)28-30-52(22)62(48(16)17)75(72-40-68-33-36-77-55(65)41(2)3)63(49(18)19)53(23)31-29-51(21)61(47(14)15)74(59(44(8)9)45(10)11)71-39-69-34-37-78-56(66)57(24,25)26/h41-53H,27-40H2,1-26H3. The van der Waals surface area contributed by atoms with Crippen LogP contribution in [0.1, 0.15) is 212 Å². The van der Waals surface area contributed by atoms with Crippen molar-refractivity contribution in [2.75, 3.05) is 57.5 Å². The largest absolute Gasteiger partial charge is 0.354 e. The summed E-state index contributed by atoms with van der Waals surface area (Å²) in [5.41, 5.74) is -0.385. The van der Waals surface area contributed by atoms with Gasteiger partial charge in [-0.15, -0.1) is 0 Å². The Kier molecular flexibility index (Phi) is 42.3. The monoisotopic (exact) mass is 1220 g/mol. The van der Waals surface area contributed by atoms with E-state index < -0.39 is 25.3 Å². The van der Waals surface area contributed by atoms with Crippen molar-refractivity contribution < 1.29 is 42.2 Å². The van der Waals surface area contributed by atoms with Crippen LogP contribution in [-0.4, -0.2) is 173 Å². The molecular formula is C57H119N6O9P3S3. The highest BCUT2D eigenvalue weighted by molar-refractivity contribution is 8.14. The lowest BCUT2D eigenvalue weighted by molar-refractivity contribution is -0.117. The minimum absolute atomic E-state index is 0.0207. The Hall–Kier alpha value is 0.870. The Morgan fingerprint density at radius 3 is 0.897 bits per heavy atom. The number of hydrogen-bond acceptors (Lipinski definition) is 18. The van der Waals surface area contributed by atoms with Gasteiger partial charge in [-0.3, -0.25) is 14.4 Å². The van der Waals surface area contributed by atoms with E-state index in [0.29, 0.717) is 43.5 Å². The summed E-state index contributed by atoms with van der Waals surface area (Å²) in [7, 11) is -3.72. The van der Waals surface area contributed by atoms with E-state index in [1.807, 2.05) is 41.5 Å². The maximum atomic E-state index is 12.6. The Balaban J connectivity index is 6.95. The zero-order chi connectivity index (χ0) is 60.2. The molecule has 0 aromatic rings. The molecule has 464 valence electrons. The van der Waals surface area contributed by atoms with Crippen molar-refractivity contribution in [1.82, 2.24) is 28.0 Å². The van der Waals surface area contributed by atoms with Crippen LogP contribution in [0.25, 0.3) is 0 Å². The first-order chi connectivity index (χ1) is 36.3. The molecule has 0 amide bonds. The minimum atomic E-state index is -1.32. The summed E-state index contributed by atoms with van der Waals surface area (Å²) < 4.78 is 54.3. The van der Waals surface area contributed by atoms with E-state index in [-0.39, 0.29) is 120 Å². The molecule has 0 rings (SSSR count). The molecule has 0 saturated heterocycles. The molecule has 0 bridgehead atoms. The van der Waals surface area contributed by atoms with Gasteiger partial charge < -0.3 is 27.8 Å². The van der Waals surface area contributed by atoms with E-state index in [1.165, 1.54) is 35.3 Å². The number of carbonyl (C=O) groups excluding carboxylic acids is 3. The van der Waals surface area contributed by atoms with Crippen LogP contribution in [0.15, 0.2) is 0 Å². The van der Waals surface area contributed by atoms with E-state index in [9.17, 15) is 14.4 Å². The highest BCUT2D eigenvalue weighted by Crippen LogP contribution is 2.55. The van der Waals surface area contributed by atoms with Crippen molar-refractivity contribution >= 4 is 76.0 Å². The average molecular weight is 1220 g/mol. The third-order valence-electron chi connectivity index (χ3n) is 12.8. The van der Waals surface area contributed by atoms with E-state index in [2.05, 4.69) is 166 Å². The van der Waals surface area contributed by atoms with Crippen molar-refractivity contribution in [2.45, 2.75) is 285 Å². The molecule has 15 nitrogen and oxygen atoms in total. The number of carbonyl (C=O) groups is 3. The molecule has 0 aliphatic rings. The quantitative estimate of drug-likeness (QED) is 0.0326. The molecule has 0 N–H and O–H groups in total. The van der Waals surface area contributed by atoms with Gasteiger partial charge in [0.1, 0.15) is 0 Å². The first-order valence-corrected chi connectivity index (χ1v) is 35.9. The number of ether oxygens (including phenoxy) is 3. The number of nitrogens with zero attached hydrogens (tertiary/aromatic N) is 6. The van der Waals surface area contributed by atoms with Crippen LogP contribution in [0.3, 0.4) is 0 Å². The van der Waals surface area contributed by atoms with Gasteiger partial charge >= 0.3 is 0 Å². The second-order valence-corrected chi connectivity index (χ2v) is 32.5. The van der Waals surface area contributed by atoms with Gasteiger partial charge in [0.2, 0.25) is 0 Å². The lowest BCUT2D eigenvalue weighted by Crippen LogP contribution is -2.47. The maximum Gasteiger partial charge on any atom is 0.194 e. The van der Waals surface area contributed by atoms with Gasteiger partial charge in [0, 0.05) is 108 Å². The molecule has 0 heterocycles. The molecule has 78 heavy (non-hydrogen) atoms. The minimum Gasteiger partial charge on any atom is -0.354 e. The Labute approximate surface area is 496 Å². The van der Waals surface area contributed by atoms with Gasteiger partial charge in [-0.05, 0) is 164 Å². The summed E-state index contributed by atoms with van der Waals surface area (Å²) in [6.07, 6.45) is 4.29. The van der Waals surface area contributed by atoms with Crippen molar-refractivity contribution in [3.63, 3.8) is 0 Å². The van der Waals surface area contributed by atoms with Gasteiger partial charge in [-0.2, -0.15) is 0 Å². The predicted octanol–water partition coefficient (Wildman–Crippen LogP) is 15.7. The fourth-order valence-corrected chi connectivity index (χ4v) is 18.4. The van der Waals surface area contributed by atoms with Crippen molar-refractivity contribution in [1.29, 1.82) is 0 Å². The molecule has 0 spiro atoms. The van der Waals surface area contributed by atoms with Gasteiger partial charge in [-0.25, -0.2) is 28.0 Å². The van der Waals surface area contributed by atoms with Crippen LogP contribution < -0.4 is 0 Å². The first-order valence-electron chi connectivity index (χ1n) is 29.5. The fraction of sp³-hybridized carbons (Fsp3) is 0.947. The smallest absolute Gasteiger partial charge is 0.194 e. The third-order valence-corrected chi connectivity index (χ3v) is 24.8. The van der Waals surface area contributed by atoms with Crippen LogP contribution in [0, 0.1) is 11.3 Å². The number of thioether (sulfide) groups is 3. The zero-order valence-corrected chi connectivity index (χ0v) is 59.5. The van der Waals surface area contributed by atoms with E-state index in [1.54, 1.807) is 0 Å². The molecule has 0 saturated carbocycles. The molecule has 7 atom stereocenters. The van der Waals surface area contributed by atoms with Gasteiger partial charge in [-0.1, -0.05) is 76.8 Å². The maximum absolute atomic E-state index is 12.6. The van der Waals surface area contributed by atoms with Gasteiger partial charge in [0.15, 0.2) is 61.1 Å². The molecule has 0 aliphatic carbocycles. The summed E-state index contributed by atoms with van der Waals surface area (Å²) in [4.78, 5) is 36.9. The lowest BCUT2D eigenvalue weighted by Gasteiger charge is -2.48. The fourth-order valence-electron chi connectivity index (χ4n) is 9.26. The van der Waals surface area contributed by atoms with Crippen LogP contribution >= 0.6 is 60.6 Å². The first kappa shape index (κ1) is 78.9. The summed E-state index contributed by atoms with van der Waals surface area (Å²) in [6, 6.07) is 2.51. The topological polar surface area (TPSA) is 126 Å². The van der Waals surface area contributed by atoms with Gasteiger partial charge in [0.05, 0.1) is 19.8 Å². The molecule has 21 heteroatoms. The molecular weight excluding hydrogens is 1100 g/mol. The second-order valence-electron chi connectivity index (χ2n) is 24.1. The molecule has 0 aromatic carbocycles. The highest BCUT2D eigenvalue weighted by atomic mass is 32.2. The molecule has 7 unspecified atom stereocenters. The Morgan fingerprint density at radius 2 is 0.654 bits per heavy atom. The van der Waals surface area contributed by atoms with E-state index in [0.717, 1.165) is 25.7 Å².